The van der Waals surface area contributed by atoms with Crippen molar-refractivity contribution < 1.29 is 9.53 Å². The summed E-state index contributed by atoms with van der Waals surface area (Å²) >= 11 is 3.43. The molecule has 18 heavy (non-hydrogen) atoms. The molecule has 0 saturated heterocycles. The highest BCUT2D eigenvalue weighted by Crippen LogP contribution is 2.39. The number of hydrogen-bond donors (Lipinski definition) is 0. The highest BCUT2D eigenvalue weighted by Gasteiger charge is 2.38. The molecular formula is C15H19BrO2. The van der Waals surface area contributed by atoms with Gasteiger partial charge in [0.05, 0.1) is 12.0 Å². The molecule has 0 amide bonds. The van der Waals surface area contributed by atoms with Crippen LogP contribution < -0.4 is 4.74 Å². The molecule has 1 aliphatic rings. The van der Waals surface area contributed by atoms with Gasteiger partial charge in [0, 0.05) is 4.47 Å². The molecule has 0 spiro atoms. The smallest absolute Gasteiger partial charge is 0.170 e. The molecule has 1 unspecified atom stereocenters. The van der Waals surface area contributed by atoms with Crippen molar-refractivity contribution in [2.75, 3.05) is 0 Å². The molecular weight excluding hydrogens is 292 g/mol. The van der Waals surface area contributed by atoms with Crippen molar-refractivity contribution in [1.82, 2.24) is 0 Å². The first kappa shape index (κ1) is 13.6. The molecule has 1 aromatic rings. The van der Waals surface area contributed by atoms with Crippen molar-refractivity contribution >= 4 is 21.7 Å². The largest absolute Gasteiger partial charge is 0.486 e. The van der Waals surface area contributed by atoms with Crippen molar-refractivity contribution in [3.8, 4) is 5.75 Å². The van der Waals surface area contributed by atoms with E-state index in [4.69, 9.17) is 4.74 Å². The Morgan fingerprint density at radius 1 is 1.39 bits per heavy atom. The van der Waals surface area contributed by atoms with E-state index < -0.39 is 0 Å². The van der Waals surface area contributed by atoms with Gasteiger partial charge < -0.3 is 4.74 Å². The Bertz CT molecular complexity index is 456. The predicted molar refractivity (Wildman–Crippen MR) is 76.3 cm³/mol. The minimum Gasteiger partial charge on any atom is -0.486 e. The fourth-order valence-electron chi connectivity index (χ4n) is 2.48. The van der Waals surface area contributed by atoms with E-state index in [9.17, 15) is 4.79 Å². The van der Waals surface area contributed by atoms with Crippen molar-refractivity contribution in [3.63, 3.8) is 0 Å². The second kappa shape index (κ2) is 5.43. The van der Waals surface area contributed by atoms with Crippen LogP contribution in [0.4, 0.5) is 0 Å². The second-order valence-electron chi connectivity index (χ2n) is 4.98. The van der Waals surface area contributed by atoms with E-state index in [1.807, 2.05) is 18.2 Å². The third-order valence-electron chi connectivity index (χ3n) is 3.68. The van der Waals surface area contributed by atoms with E-state index in [0.29, 0.717) is 6.42 Å². The van der Waals surface area contributed by atoms with Crippen LogP contribution in [0.15, 0.2) is 22.7 Å². The Labute approximate surface area is 117 Å². The summed E-state index contributed by atoms with van der Waals surface area (Å²) in [5.41, 5.74) is 0.430. The van der Waals surface area contributed by atoms with Crippen LogP contribution >= 0.6 is 15.9 Å². The minimum atomic E-state index is -0.291. The molecule has 0 fully saturated rings. The molecule has 98 valence electrons. The van der Waals surface area contributed by atoms with E-state index in [1.54, 1.807) is 0 Å². The molecule has 1 heterocycles. The zero-order chi connectivity index (χ0) is 13.2. The van der Waals surface area contributed by atoms with Crippen LogP contribution in [0.3, 0.4) is 0 Å². The van der Waals surface area contributed by atoms with Gasteiger partial charge in [-0.15, -0.1) is 0 Å². The fourth-order valence-corrected chi connectivity index (χ4v) is 2.82. The molecule has 2 nitrogen and oxygen atoms in total. The van der Waals surface area contributed by atoms with Gasteiger partial charge in [-0.05, 0) is 37.5 Å². The van der Waals surface area contributed by atoms with Gasteiger partial charge in [-0.25, -0.2) is 0 Å². The van der Waals surface area contributed by atoms with E-state index in [2.05, 4.69) is 29.8 Å². The number of Topliss-reactive ketones (excluding diaryl/α,β-unsaturated/α-hetero) is 1. The Kier molecular flexibility index (Phi) is 4.10. The lowest BCUT2D eigenvalue weighted by atomic mass is 9.84. The summed E-state index contributed by atoms with van der Waals surface area (Å²) in [6, 6.07) is 5.65. The van der Waals surface area contributed by atoms with Gasteiger partial charge in [-0.1, -0.05) is 36.2 Å². The topological polar surface area (TPSA) is 26.3 Å². The van der Waals surface area contributed by atoms with Crippen molar-refractivity contribution in [2.45, 2.75) is 51.6 Å². The number of ketones is 1. The monoisotopic (exact) mass is 310 g/mol. The SMILES string of the molecule is CCCCC1(CC)CC(=O)c2ccc(Br)cc2O1. The first-order chi connectivity index (χ1) is 8.60. The summed E-state index contributed by atoms with van der Waals surface area (Å²) in [7, 11) is 0. The van der Waals surface area contributed by atoms with E-state index >= 15 is 0 Å². The molecule has 1 aromatic carbocycles. The maximum absolute atomic E-state index is 12.2. The summed E-state index contributed by atoms with van der Waals surface area (Å²) in [5.74, 6) is 0.945. The number of ether oxygens (including phenoxy) is 1. The standard InChI is InChI=1S/C15H19BrO2/c1-3-5-8-15(4-2)10-13(17)12-7-6-11(16)9-14(12)18-15/h6-7,9H,3-5,8,10H2,1-2H3. The summed E-state index contributed by atoms with van der Waals surface area (Å²) in [5, 5.41) is 0. The third kappa shape index (κ3) is 2.61. The Morgan fingerprint density at radius 2 is 2.17 bits per heavy atom. The van der Waals surface area contributed by atoms with Crippen molar-refractivity contribution in [1.29, 1.82) is 0 Å². The molecule has 0 bridgehead atoms. The highest BCUT2D eigenvalue weighted by molar-refractivity contribution is 9.10. The molecule has 1 atom stereocenters. The summed E-state index contributed by atoms with van der Waals surface area (Å²) in [6.07, 6.45) is 4.58. The van der Waals surface area contributed by atoms with Gasteiger partial charge in [-0.3, -0.25) is 4.79 Å². The number of carbonyl (C=O) groups is 1. The maximum Gasteiger partial charge on any atom is 0.170 e. The quantitative estimate of drug-likeness (QED) is 0.802. The van der Waals surface area contributed by atoms with Crippen LogP contribution in [0.25, 0.3) is 0 Å². The second-order valence-corrected chi connectivity index (χ2v) is 5.90. The third-order valence-corrected chi connectivity index (χ3v) is 4.18. The molecule has 0 N–H and O–H groups in total. The normalized spacial score (nSPS) is 22.5. The average molecular weight is 311 g/mol. The molecule has 0 saturated carbocycles. The summed E-state index contributed by atoms with van der Waals surface area (Å²) in [6.45, 7) is 4.27. The van der Waals surface area contributed by atoms with E-state index in [0.717, 1.165) is 41.5 Å². The lowest BCUT2D eigenvalue weighted by Gasteiger charge is -2.37. The van der Waals surface area contributed by atoms with E-state index in [-0.39, 0.29) is 11.4 Å². The number of carbonyl (C=O) groups excluding carboxylic acids is 1. The lowest BCUT2D eigenvalue weighted by Crippen LogP contribution is -2.41. The number of hydrogen-bond acceptors (Lipinski definition) is 2. The van der Waals surface area contributed by atoms with Crippen LogP contribution in [-0.4, -0.2) is 11.4 Å². The Balaban J connectivity index is 2.32. The highest BCUT2D eigenvalue weighted by atomic mass is 79.9. The number of halogens is 1. The number of fused-ring (bicyclic) bond motifs is 1. The molecule has 0 radical (unpaired) electrons. The van der Waals surface area contributed by atoms with E-state index in [1.165, 1.54) is 0 Å². The molecule has 2 rings (SSSR count). The molecule has 0 aliphatic carbocycles. The molecule has 1 aliphatic heterocycles. The fraction of sp³-hybridized carbons (Fsp3) is 0.533. The Morgan fingerprint density at radius 3 is 2.83 bits per heavy atom. The average Bonchev–Trinajstić information content (AvgIpc) is 2.36. The van der Waals surface area contributed by atoms with Crippen LogP contribution in [0.5, 0.6) is 5.75 Å². The van der Waals surface area contributed by atoms with Crippen LogP contribution in [0.1, 0.15) is 56.3 Å². The first-order valence-electron chi connectivity index (χ1n) is 6.62. The van der Waals surface area contributed by atoms with Crippen molar-refractivity contribution in [3.05, 3.63) is 28.2 Å². The van der Waals surface area contributed by atoms with Gasteiger partial charge in [0.1, 0.15) is 11.4 Å². The predicted octanol–water partition coefficient (Wildman–Crippen LogP) is 4.75. The summed E-state index contributed by atoms with van der Waals surface area (Å²) < 4.78 is 7.13. The van der Waals surface area contributed by atoms with Gasteiger partial charge >= 0.3 is 0 Å². The van der Waals surface area contributed by atoms with Crippen LogP contribution in [0, 0.1) is 0 Å². The van der Waals surface area contributed by atoms with Crippen LogP contribution in [-0.2, 0) is 0 Å². The molecule has 3 heteroatoms. The lowest BCUT2D eigenvalue weighted by molar-refractivity contribution is 0.0300. The zero-order valence-electron chi connectivity index (χ0n) is 11.0. The van der Waals surface area contributed by atoms with Crippen molar-refractivity contribution in [2.24, 2.45) is 0 Å². The van der Waals surface area contributed by atoms with Gasteiger partial charge in [0.15, 0.2) is 5.78 Å². The minimum absolute atomic E-state index is 0.210. The number of rotatable bonds is 4. The van der Waals surface area contributed by atoms with Crippen LogP contribution in [0.2, 0.25) is 0 Å². The maximum atomic E-state index is 12.2. The molecule has 0 aromatic heterocycles. The Hall–Kier alpha value is -0.830. The van der Waals surface area contributed by atoms with Gasteiger partial charge in [0.2, 0.25) is 0 Å². The zero-order valence-corrected chi connectivity index (χ0v) is 12.5. The summed E-state index contributed by atoms with van der Waals surface area (Å²) in [4.78, 5) is 12.2. The number of benzene rings is 1. The van der Waals surface area contributed by atoms with Gasteiger partial charge in [-0.2, -0.15) is 0 Å². The first-order valence-corrected chi connectivity index (χ1v) is 7.41. The van der Waals surface area contributed by atoms with Gasteiger partial charge in [0.25, 0.3) is 0 Å². The number of unbranched alkanes of at least 4 members (excludes halogenated alkanes) is 1.